The van der Waals surface area contributed by atoms with Crippen LogP contribution in [0.5, 0.6) is 5.88 Å². The fourth-order valence-corrected chi connectivity index (χ4v) is 1.33. The molecular formula is C12H17ClFNO. The van der Waals surface area contributed by atoms with Crippen molar-refractivity contribution in [3.63, 3.8) is 0 Å². The predicted octanol–water partition coefficient (Wildman–Crippen LogP) is 3.99. The molecule has 16 heavy (non-hydrogen) atoms. The Hall–Kier alpha value is -0.830. The highest BCUT2D eigenvalue weighted by molar-refractivity contribution is 6.31. The monoisotopic (exact) mass is 245 g/mol. The number of hydrogen-bond donors (Lipinski definition) is 0. The summed E-state index contributed by atoms with van der Waals surface area (Å²) in [6.07, 6.45) is 1.71. The van der Waals surface area contributed by atoms with Gasteiger partial charge >= 0.3 is 0 Å². The van der Waals surface area contributed by atoms with Crippen molar-refractivity contribution in [1.29, 1.82) is 0 Å². The van der Waals surface area contributed by atoms with Crippen LogP contribution < -0.4 is 4.74 Å². The molecule has 0 radical (unpaired) electrons. The van der Waals surface area contributed by atoms with E-state index in [1.807, 2.05) is 0 Å². The van der Waals surface area contributed by atoms with Crippen molar-refractivity contribution in [2.45, 2.75) is 39.3 Å². The van der Waals surface area contributed by atoms with Crippen LogP contribution in [0.4, 0.5) is 4.39 Å². The van der Waals surface area contributed by atoms with Gasteiger partial charge in [0.15, 0.2) is 0 Å². The minimum absolute atomic E-state index is 0.0548. The summed E-state index contributed by atoms with van der Waals surface area (Å²) in [5, 5.41) is 0.426. The third-order valence-electron chi connectivity index (χ3n) is 2.05. The van der Waals surface area contributed by atoms with Crippen LogP contribution in [-0.4, -0.2) is 17.3 Å². The molecule has 0 bridgehead atoms. The summed E-state index contributed by atoms with van der Waals surface area (Å²) in [5.41, 5.74) is -0.348. The van der Waals surface area contributed by atoms with Crippen LogP contribution >= 0.6 is 11.6 Å². The van der Waals surface area contributed by atoms with Crippen LogP contribution in [0.3, 0.4) is 0 Å². The number of nitrogens with zero attached hydrogens (tertiary/aromatic N) is 1. The number of ether oxygens (including phenoxy) is 1. The van der Waals surface area contributed by atoms with E-state index in [9.17, 15) is 4.39 Å². The maximum Gasteiger partial charge on any atom is 0.232 e. The summed E-state index contributed by atoms with van der Waals surface area (Å²) in [6, 6.07) is 1.81. The van der Waals surface area contributed by atoms with E-state index in [1.165, 1.54) is 13.8 Å². The van der Waals surface area contributed by atoms with Gasteiger partial charge in [0.05, 0.1) is 0 Å². The highest BCUT2D eigenvalue weighted by Crippen LogP contribution is 2.26. The Kier molecular flexibility index (Phi) is 4.14. The van der Waals surface area contributed by atoms with Crippen LogP contribution in [0.25, 0.3) is 0 Å². The van der Waals surface area contributed by atoms with Crippen LogP contribution in [0.15, 0.2) is 12.3 Å². The van der Waals surface area contributed by atoms with Crippen molar-refractivity contribution in [3.8, 4) is 5.88 Å². The Morgan fingerprint density at radius 2 is 2.12 bits per heavy atom. The number of hydrogen-bond acceptors (Lipinski definition) is 2. The second-order valence-corrected chi connectivity index (χ2v) is 5.12. The lowest BCUT2D eigenvalue weighted by Gasteiger charge is -2.15. The smallest absolute Gasteiger partial charge is 0.232 e. The number of alkyl halides is 1. The third-order valence-corrected chi connectivity index (χ3v) is 2.32. The SMILES string of the molecule is CC(C)c1cnc(OCC(C)(C)F)c(Cl)c1. The molecular weight excluding hydrogens is 229 g/mol. The average Bonchev–Trinajstić information content (AvgIpc) is 2.14. The van der Waals surface area contributed by atoms with E-state index in [0.717, 1.165) is 5.56 Å². The number of halogens is 2. The van der Waals surface area contributed by atoms with E-state index in [-0.39, 0.29) is 12.5 Å². The second-order valence-electron chi connectivity index (χ2n) is 4.72. The zero-order valence-corrected chi connectivity index (χ0v) is 10.8. The lowest BCUT2D eigenvalue weighted by Crippen LogP contribution is -2.23. The topological polar surface area (TPSA) is 22.1 Å². The highest BCUT2D eigenvalue weighted by atomic mass is 35.5. The molecule has 1 heterocycles. The summed E-state index contributed by atoms with van der Waals surface area (Å²) in [6.45, 7) is 6.95. The standard InChI is InChI=1S/C12H17ClFNO/c1-8(2)9-5-10(13)11(15-6-9)16-7-12(3,4)14/h5-6,8H,7H2,1-4H3. The summed E-state index contributed by atoms with van der Waals surface area (Å²) >= 11 is 5.99. The molecule has 0 atom stereocenters. The van der Waals surface area contributed by atoms with Crippen molar-refractivity contribution in [3.05, 3.63) is 22.8 Å². The van der Waals surface area contributed by atoms with Gasteiger partial charge in [0.25, 0.3) is 0 Å². The van der Waals surface area contributed by atoms with Crippen LogP contribution in [0, 0.1) is 0 Å². The maximum absolute atomic E-state index is 13.2. The minimum atomic E-state index is -1.39. The Morgan fingerprint density at radius 3 is 2.56 bits per heavy atom. The number of pyridine rings is 1. The first-order valence-corrected chi connectivity index (χ1v) is 5.64. The second kappa shape index (κ2) is 5.00. The average molecular weight is 246 g/mol. The van der Waals surface area contributed by atoms with Gasteiger partial charge in [-0.1, -0.05) is 25.4 Å². The third kappa shape index (κ3) is 3.97. The van der Waals surface area contributed by atoms with E-state index >= 15 is 0 Å². The molecule has 0 fully saturated rings. The van der Waals surface area contributed by atoms with Gasteiger partial charge in [0.2, 0.25) is 5.88 Å². The Morgan fingerprint density at radius 1 is 1.50 bits per heavy atom. The van der Waals surface area contributed by atoms with Gasteiger partial charge < -0.3 is 4.74 Å². The molecule has 0 spiro atoms. The van der Waals surface area contributed by atoms with E-state index < -0.39 is 5.67 Å². The molecule has 1 rings (SSSR count). The molecule has 0 amide bonds. The lowest BCUT2D eigenvalue weighted by atomic mass is 10.1. The summed E-state index contributed by atoms with van der Waals surface area (Å²) in [5.74, 6) is 0.647. The van der Waals surface area contributed by atoms with E-state index in [0.29, 0.717) is 10.9 Å². The van der Waals surface area contributed by atoms with Crippen LogP contribution in [-0.2, 0) is 0 Å². The molecule has 0 aliphatic heterocycles. The van der Waals surface area contributed by atoms with Crippen molar-refractivity contribution in [2.24, 2.45) is 0 Å². The molecule has 90 valence electrons. The Balaban J connectivity index is 2.76. The van der Waals surface area contributed by atoms with Gasteiger partial charge in [-0.25, -0.2) is 9.37 Å². The highest BCUT2D eigenvalue weighted by Gasteiger charge is 2.18. The van der Waals surface area contributed by atoms with Crippen LogP contribution in [0.1, 0.15) is 39.2 Å². The fourth-order valence-electron chi connectivity index (χ4n) is 1.10. The molecule has 0 saturated heterocycles. The number of rotatable bonds is 4. The van der Waals surface area contributed by atoms with E-state index in [2.05, 4.69) is 18.8 Å². The minimum Gasteiger partial charge on any atom is -0.473 e. The van der Waals surface area contributed by atoms with Crippen molar-refractivity contribution in [2.75, 3.05) is 6.61 Å². The molecule has 1 aromatic rings. The normalized spacial score (nSPS) is 11.9. The van der Waals surface area contributed by atoms with Gasteiger partial charge in [-0.05, 0) is 31.4 Å². The quantitative estimate of drug-likeness (QED) is 0.800. The lowest BCUT2D eigenvalue weighted by molar-refractivity contribution is 0.117. The molecule has 0 aromatic carbocycles. The van der Waals surface area contributed by atoms with Gasteiger partial charge in [0.1, 0.15) is 17.3 Å². The summed E-state index contributed by atoms with van der Waals surface area (Å²) in [4.78, 5) is 4.08. The summed E-state index contributed by atoms with van der Waals surface area (Å²) in [7, 11) is 0. The summed E-state index contributed by atoms with van der Waals surface area (Å²) < 4.78 is 18.4. The van der Waals surface area contributed by atoms with Crippen molar-refractivity contribution >= 4 is 11.6 Å². The van der Waals surface area contributed by atoms with Crippen LogP contribution in [0.2, 0.25) is 5.02 Å². The molecule has 4 heteroatoms. The predicted molar refractivity (Wildman–Crippen MR) is 64.0 cm³/mol. The molecule has 1 aromatic heterocycles. The fraction of sp³-hybridized carbons (Fsp3) is 0.583. The van der Waals surface area contributed by atoms with Gasteiger partial charge in [-0.3, -0.25) is 0 Å². The van der Waals surface area contributed by atoms with Crippen molar-refractivity contribution < 1.29 is 9.13 Å². The first-order valence-electron chi connectivity index (χ1n) is 5.27. The molecule has 0 saturated carbocycles. The molecule has 0 aliphatic rings. The molecule has 0 unspecified atom stereocenters. The number of aromatic nitrogens is 1. The van der Waals surface area contributed by atoms with Gasteiger partial charge in [-0.2, -0.15) is 0 Å². The van der Waals surface area contributed by atoms with Crippen molar-refractivity contribution in [1.82, 2.24) is 4.98 Å². The maximum atomic E-state index is 13.2. The molecule has 2 nitrogen and oxygen atoms in total. The van der Waals surface area contributed by atoms with Gasteiger partial charge in [-0.15, -0.1) is 0 Å². The zero-order valence-electron chi connectivity index (χ0n) is 10.1. The largest absolute Gasteiger partial charge is 0.473 e. The van der Waals surface area contributed by atoms with E-state index in [1.54, 1.807) is 12.3 Å². The molecule has 0 N–H and O–H groups in total. The zero-order chi connectivity index (χ0) is 12.3. The first kappa shape index (κ1) is 13.2. The first-order chi connectivity index (χ1) is 7.29. The molecule has 0 aliphatic carbocycles. The van der Waals surface area contributed by atoms with Gasteiger partial charge in [0, 0.05) is 6.20 Å². The van der Waals surface area contributed by atoms with E-state index in [4.69, 9.17) is 16.3 Å². The Bertz CT molecular complexity index is 361. The Labute approximate surface area is 101 Å².